The summed E-state index contributed by atoms with van der Waals surface area (Å²) in [6, 6.07) is 6.26. The largest absolute Gasteiger partial charge is 0.355 e. The van der Waals surface area contributed by atoms with E-state index in [1.807, 2.05) is 0 Å². The highest BCUT2D eigenvalue weighted by atomic mass is 35.5. The van der Waals surface area contributed by atoms with E-state index < -0.39 is 0 Å². The zero-order valence-electron chi connectivity index (χ0n) is 11.1. The van der Waals surface area contributed by atoms with E-state index >= 15 is 0 Å². The van der Waals surface area contributed by atoms with Crippen molar-refractivity contribution in [2.75, 3.05) is 11.9 Å². The molecule has 0 atom stereocenters. The summed E-state index contributed by atoms with van der Waals surface area (Å²) in [4.78, 5) is 21.0. The van der Waals surface area contributed by atoms with Crippen LogP contribution in [0.3, 0.4) is 0 Å². The number of hydrogen-bond acceptors (Lipinski definition) is 4. The molecule has 0 fully saturated rings. The SMILES string of the molecule is Cc1nc(Cl)c(C=O)c(N(C)Cc2cccc(F)c2)n1. The lowest BCUT2D eigenvalue weighted by Gasteiger charge is -2.20. The molecule has 0 saturated heterocycles. The lowest BCUT2D eigenvalue weighted by Crippen LogP contribution is -2.20. The molecule has 20 heavy (non-hydrogen) atoms. The molecular formula is C14H13ClFN3O. The normalized spacial score (nSPS) is 10.4. The summed E-state index contributed by atoms with van der Waals surface area (Å²) in [6.45, 7) is 2.10. The number of aldehydes is 1. The zero-order valence-corrected chi connectivity index (χ0v) is 11.9. The molecule has 0 N–H and O–H groups in total. The topological polar surface area (TPSA) is 46.1 Å². The van der Waals surface area contributed by atoms with Gasteiger partial charge in [-0.25, -0.2) is 14.4 Å². The van der Waals surface area contributed by atoms with Gasteiger partial charge in [0.2, 0.25) is 0 Å². The zero-order chi connectivity index (χ0) is 14.7. The predicted molar refractivity (Wildman–Crippen MR) is 75.7 cm³/mol. The van der Waals surface area contributed by atoms with Crippen LogP contribution in [0.1, 0.15) is 21.7 Å². The second-order valence-corrected chi connectivity index (χ2v) is 4.76. The van der Waals surface area contributed by atoms with Crippen LogP contribution in [-0.4, -0.2) is 23.3 Å². The van der Waals surface area contributed by atoms with Gasteiger partial charge in [-0.1, -0.05) is 23.7 Å². The Morgan fingerprint density at radius 3 is 2.80 bits per heavy atom. The Morgan fingerprint density at radius 1 is 1.40 bits per heavy atom. The molecule has 2 rings (SSSR count). The number of aromatic nitrogens is 2. The Bertz CT molecular complexity index is 648. The number of aryl methyl sites for hydroxylation is 1. The van der Waals surface area contributed by atoms with Crippen LogP contribution in [0, 0.1) is 12.7 Å². The van der Waals surface area contributed by atoms with Gasteiger partial charge in [0.25, 0.3) is 0 Å². The first-order chi connectivity index (χ1) is 9.51. The lowest BCUT2D eigenvalue weighted by molar-refractivity contribution is 0.112. The highest BCUT2D eigenvalue weighted by molar-refractivity contribution is 6.32. The summed E-state index contributed by atoms with van der Waals surface area (Å²) < 4.78 is 13.2. The van der Waals surface area contributed by atoms with Crippen LogP contribution >= 0.6 is 11.6 Å². The van der Waals surface area contributed by atoms with E-state index in [4.69, 9.17) is 11.6 Å². The van der Waals surface area contributed by atoms with Crippen LogP contribution in [0.5, 0.6) is 0 Å². The Kier molecular flexibility index (Phi) is 4.29. The first kappa shape index (κ1) is 14.4. The van der Waals surface area contributed by atoms with Crippen LogP contribution in [-0.2, 0) is 6.54 Å². The van der Waals surface area contributed by atoms with Crippen molar-refractivity contribution < 1.29 is 9.18 Å². The van der Waals surface area contributed by atoms with Gasteiger partial charge >= 0.3 is 0 Å². The number of hydrogen-bond donors (Lipinski definition) is 0. The van der Waals surface area contributed by atoms with Crippen LogP contribution in [0.4, 0.5) is 10.2 Å². The van der Waals surface area contributed by atoms with Crippen molar-refractivity contribution >= 4 is 23.7 Å². The summed E-state index contributed by atoms with van der Waals surface area (Å²) in [5.74, 6) is 0.604. The van der Waals surface area contributed by atoms with Crippen LogP contribution in [0.2, 0.25) is 5.15 Å². The van der Waals surface area contributed by atoms with Gasteiger partial charge in [0.15, 0.2) is 6.29 Å². The second-order valence-electron chi connectivity index (χ2n) is 4.40. The summed E-state index contributed by atoms with van der Waals surface area (Å²) >= 11 is 5.94. The smallest absolute Gasteiger partial charge is 0.156 e. The number of anilines is 1. The Labute approximate surface area is 121 Å². The Morgan fingerprint density at radius 2 is 2.15 bits per heavy atom. The van der Waals surface area contributed by atoms with E-state index in [9.17, 15) is 9.18 Å². The number of benzene rings is 1. The molecule has 1 heterocycles. The monoisotopic (exact) mass is 293 g/mol. The van der Waals surface area contributed by atoms with Crippen LogP contribution in [0.25, 0.3) is 0 Å². The maximum Gasteiger partial charge on any atom is 0.156 e. The van der Waals surface area contributed by atoms with Gasteiger partial charge in [-0.2, -0.15) is 0 Å². The van der Waals surface area contributed by atoms with Gasteiger partial charge in [-0.3, -0.25) is 4.79 Å². The summed E-state index contributed by atoms with van der Waals surface area (Å²) in [7, 11) is 1.76. The third-order valence-corrected chi connectivity index (χ3v) is 3.07. The molecule has 6 heteroatoms. The molecular weight excluding hydrogens is 281 g/mol. The molecule has 1 aromatic heterocycles. The average molecular weight is 294 g/mol. The maximum absolute atomic E-state index is 13.2. The number of carbonyl (C=O) groups excluding carboxylic acids is 1. The minimum atomic E-state index is -0.302. The minimum absolute atomic E-state index is 0.119. The number of halogens is 2. The molecule has 0 unspecified atom stereocenters. The molecule has 0 spiro atoms. The van der Waals surface area contributed by atoms with Gasteiger partial charge in [-0.15, -0.1) is 0 Å². The minimum Gasteiger partial charge on any atom is -0.355 e. The Hall–Kier alpha value is -2.01. The molecule has 0 amide bonds. The molecule has 4 nitrogen and oxygen atoms in total. The predicted octanol–water partition coefficient (Wildman–Crippen LogP) is 3.03. The van der Waals surface area contributed by atoms with Crippen molar-refractivity contribution in [3.05, 3.63) is 52.2 Å². The van der Waals surface area contributed by atoms with E-state index in [-0.39, 0.29) is 16.5 Å². The molecule has 0 aliphatic heterocycles. The van der Waals surface area contributed by atoms with Crippen molar-refractivity contribution in [2.24, 2.45) is 0 Å². The second kappa shape index (κ2) is 5.96. The lowest BCUT2D eigenvalue weighted by atomic mass is 10.2. The molecule has 0 bridgehead atoms. The fourth-order valence-corrected chi connectivity index (χ4v) is 2.16. The number of rotatable bonds is 4. The van der Waals surface area contributed by atoms with Gasteiger partial charge in [0.05, 0.1) is 5.56 Å². The van der Waals surface area contributed by atoms with Gasteiger partial charge in [-0.05, 0) is 24.6 Å². The molecule has 0 saturated carbocycles. The highest BCUT2D eigenvalue weighted by Crippen LogP contribution is 2.23. The van der Waals surface area contributed by atoms with E-state index in [2.05, 4.69) is 9.97 Å². The molecule has 0 aliphatic rings. The van der Waals surface area contributed by atoms with Crippen LogP contribution in [0.15, 0.2) is 24.3 Å². The van der Waals surface area contributed by atoms with Crippen molar-refractivity contribution in [2.45, 2.75) is 13.5 Å². The third kappa shape index (κ3) is 3.11. The Balaban J connectivity index is 2.33. The average Bonchev–Trinajstić information content (AvgIpc) is 2.37. The van der Waals surface area contributed by atoms with E-state index in [1.54, 1.807) is 31.0 Å². The molecule has 0 radical (unpaired) electrons. The van der Waals surface area contributed by atoms with Crippen LogP contribution < -0.4 is 4.90 Å². The first-order valence-corrected chi connectivity index (χ1v) is 6.34. The number of carbonyl (C=O) groups is 1. The molecule has 104 valence electrons. The third-order valence-electron chi connectivity index (χ3n) is 2.78. The molecule has 2 aromatic rings. The van der Waals surface area contributed by atoms with Crippen molar-refractivity contribution in [3.63, 3.8) is 0 Å². The van der Waals surface area contributed by atoms with E-state index in [1.165, 1.54) is 12.1 Å². The molecule has 0 aliphatic carbocycles. The number of nitrogens with zero attached hydrogens (tertiary/aromatic N) is 3. The van der Waals surface area contributed by atoms with Crippen molar-refractivity contribution in [1.29, 1.82) is 0 Å². The van der Waals surface area contributed by atoms with E-state index in [0.29, 0.717) is 24.5 Å². The summed E-state index contributed by atoms with van der Waals surface area (Å²) in [6.07, 6.45) is 0.624. The fraction of sp³-hybridized carbons (Fsp3) is 0.214. The maximum atomic E-state index is 13.2. The van der Waals surface area contributed by atoms with E-state index in [0.717, 1.165) is 5.56 Å². The van der Waals surface area contributed by atoms with Crippen molar-refractivity contribution in [1.82, 2.24) is 9.97 Å². The quantitative estimate of drug-likeness (QED) is 0.642. The van der Waals surface area contributed by atoms with Crippen molar-refractivity contribution in [3.8, 4) is 0 Å². The highest BCUT2D eigenvalue weighted by Gasteiger charge is 2.15. The summed E-state index contributed by atoms with van der Waals surface area (Å²) in [5.41, 5.74) is 1.01. The fourth-order valence-electron chi connectivity index (χ4n) is 1.91. The molecule has 1 aromatic carbocycles. The standard InChI is InChI=1S/C14H13ClFN3O/c1-9-17-13(15)12(8-20)14(18-9)19(2)7-10-4-3-5-11(16)6-10/h3-6,8H,7H2,1-2H3. The van der Waals surface area contributed by atoms with Gasteiger partial charge in [0, 0.05) is 13.6 Å². The summed E-state index contributed by atoms with van der Waals surface area (Å²) in [5, 5.41) is 0.119. The van der Waals surface area contributed by atoms with Gasteiger partial charge < -0.3 is 4.90 Å². The van der Waals surface area contributed by atoms with Gasteiger partial charge in [0.1, 0.15) is 22.6 Å². The first-order valence-electron chi connectivity index (χ1n) is 5.96.